The number of amides is 1. The van der Waals surface area contributed by atoms with Gasteiger partial charge in [-0.25, -0.2) is 4.98 Å². The number of halogens is 2. The Morgan fingerprint density at radius 3 is 2.62 bits per heavy atom. The summed E-state index contributed by atoms with van der Waals surface area (Å²) in [7, 11) is 0. The van der Waals surface area contributed by atoms with Crippen molar-refractivity contribution in [3.05, 3.63) is 100 Å². The lowest BCUT2D eigenvalue weighted by Crippen LogP contribution is -2.12. The smallest absolute Gasteiger partial charge is 0.256 e. The first-order valence-corrected chi connectivity index (χ1v) is 11.6. The van der Waals surface area contributed by atoms with Gasteiger partial charge in [-0.1, -0.05) is 35.3 Å². The van der Waals surface area contributed by atoms with E-state index in [0.29, 0.717) is 39.5 Å². The molecular weight excluding hydrogens is 471 g/mol. The third-order valence-corrected chi connectivity index (χ3v) is 6.00. The van der Waals surface area contributed by atoms with E-state index in [0.717, 1.165) is 35.3 Å². The Bertz CT molecular complexity index is 1360. The van der Waals surface area contributed by atoms with Crippen LogP contribution >= 0.6 is 23.2 Å². The van der Waals surface area contributed by atoms with Crippen molar-refractivity contribution >= 4 is 34.9 Å². The molecule has 1 aromatic heterocycles. The Labute approximate surface area is 207 Å². The fourth-order valence-corrected chi connectivity index (χ4v) is 4.18. The van der Waals surface area contributed by atoms with Crippen LogP contribution in [0.2, 0.25) is 10.0 Å². The average molecular weight is 491 g/mol. The molecule has 0 spiro atoms. The largest absolute Gasteiger partial charge is 0.493 e. The van der Waals surface area contributed by atoms with Gasteiger partial charge >= 0.3 is 0 Å². The highest BCUT2D eigenvalue weighted by Gasteiger charge is 2.15. The van der Waals surface area contributed by atoms with E-state index >= 15 is 0 Å². The molecule has 0 bridgehead atoms. The van der Waals surface area contributed by atoms with Crippen LogP contribution in [0.3, 0.4) is 0 Å². The molecule has 7 heteroatoms. The predicted octanol–water partition coefficient (Wildman–Crippen LogP) is 7.43. The Kier molecular flexibility index (Phi) is 6.39. The molecule has 3 aromatic carbocycles. The lowest BCUT2D eigenvalue weighted by Gasteiger charge is -2.19. The van der Waals surface area contributed by atoms with Gasteiger partial charge in [0.25, 0.3) is 5.91 Å². The minimum absolute atomic E-state index is 0.275. The molecule has 0 saturated heterocycles. The number of aromatic nitrogens is 1. The second kappa shape index (κ2) is 9.75. The zero-order valence-corrected chi connectivity index (χ0v) is 19.6. The number of rotatable bonds is 5. The number of carbonyl (C=O) groups excluding carboxylic acids is 1. The molecule has 170 valence electrons. The van der Waals surface area contributed by atoms with Crippen LogP contribution < -0.4 is 14.8 Å². The summed E-state index contributed by atoms with van der Waals surface area (Å²) in [4.78, 5) is 17.0. The Balaban J connectivity index is 1.28. The molecule has 1 amide bonds. The molecule has 0 fully saturated rings. The van der Waals surface area contributed by atoms with Crippen molar-refractivity contribution in [1.29, 1.82) is 0 Å². The monoisotopic (exact) mass is 490 g/mol. The summed E-state index contributed by atoms with van der Waals surface area (Å²) in [6.07, 6.45) is 3.57. The summed E-state index contributed by atoms with van der Waals surface area (Å²) < 4.78 is 11.6. The zero-order chi connectivity index (χ0) is 23.5. The van der Waals surface area contributed by atoms with Gasteiger partial charge in [0.05, 0.1) is 11.6 Å². The van der Waals surface area contributed by atoms with Crippen LogP contribution in [-0.2, 0) is 6.42 Å². The number of pyridine rings is 1. The highest BCUT2D eigenvalue weighted by atomic mass is 35.5. The van der Waals surface area contributed by atoms with Crippen LogP contribution in [0.25, 0.3) is 11.1 Å². The molecule has 2 heterocycles. The van der Waals surface area contributed by atoms with Crippen LogP contribution in [-0.4, -0.2) is 17.5 Å². The van der Waals surface area contributed by atoms with Crippen LogP contribution in [0.1, 0.15) is 22.3 Å². The van der Waals surface area contributed by atoms with Gasteiger partial charge < -0.3 is 14.8 Å². The van der Waals surface area contributed by atoms with Crippen molar-refractivity contribution in [3.63, 3.8) is 0 Å². The molecule has 34 heavy (non-hydrogen) atoms. The number of hydrogen-bond acceptors (Lipinski definition) is 4. The van der Waals surface area contributed by atoms with Gasteiger partial charge in [0, 0.05) is 22.8 Å². The first kappa shape index (κ1) is 22.3. The summed E-state index contributed by atoms with van der Waals surface area (Å²) in [5, 5.41) is 4.00. The Hall–Kier alpha value is -3.54. The summed E-state index contributed by atoms with van der Waals surface area (Å²) in [6, 6.07) is 21.7. The minimum atomic E-state index is -0.275. The number of carbonyl (C=O) groups is 1. The van der Waals surface area contributed by atoms with Gasteiger partial charge in [0.1, 0.15) is 23.1 Å². The maximum atomic E-state index is 12.7. The lowest BCUT2D eigenvalue weighted by molar-refractivity contribution is 0.102. The number of benzene rings is 3. The maximum absolute atomic E-state index is 12.7. The van der Waals surface area contributed by atoms with Crippen molar-refractivity contribution in [2.24, 2.45) is 0 Å². The second-order valence-electron chi connectivity index (χ2n) is 7.86. The predicted molar refractivity (Wildman–Crippen MR) is 134 cm³/mol. The van der Waals surface area contributed by atoms with Crippen molar-refractivity contribution in [2.75, 3.05) is 11.9 Å². The number of nitrogens with one attached hydrogen (secondary N) is 1. The summed E-state index contributed by atoms with van der Waals surface area (Å²) in [5.41, 5.74) is 3.41. The number of ether oxygens (including phenoxy) is 2. The molecule has 4 aromatic rings. The summed E-state index contributed by atoms with van der Waals surface area (Å²) in [5.74, 6) is 2.05. The standard InChI is InChI=1S/C27H20Cl2N2O3/c28-21-5-1-3-18(13-21)19-10-11-30-26(15-19)31-27(32)17-6-8-22(9-7-17)34-25-16-24-20(14-23(25)29)4-2-12-33-24/h1,3,5-11,13-16H,2,4,12H2,(H,30,31,32). The van der Waals surface area contributed by atoms with Crippen LogP contribution in [0, 0.1) is 0 Å². The number of aryl methyl sites for hydroxylation is 1. The molecule has 0 atom stereocenters. The van der Waals surface area contributed by atoms with E-state index in [9.17, 15) is 4.79 Å². The normalized spacial score (nSPS) is 12.4. The molecular formula is C27H20Cl2N2O3. The summed E-state index contributed by atoms with van der Waals surface area (Å²) >= 11 is 12.5. The van der Waals surface area contributed by atoms with E-state index in [1.807, 2.05) is 42.5 Å². The maximum Gasteiger partial charge on any atom is 0.256 e. The Morgan fingerprint density at radius 2 is 1.79 bits per heavy atom. The highest BCUT2D eigenvalue weighted by Crippen LogP contribution is 2.37. The minimum Gasteiger partial charge on any atom is -0.493 e. The Morgan fingerprint density at radius 1 is 0.971 bits per heavy atom. The van der Waals surface area contributed by atoms with Crippen LogP contribution in [0.5, 0.6) is 17.2 Å². The molecule has 5 nitrogen and oxygen atoms in total. The topological polar surface area (TPSA) is 60.5 Å². The molecule has 1 aliphatic rings. The fraction of sp³-hybridized carbons (Fsp3) is 0.111. The average Bonchev–Trinajstić information content (AvgIpc) is 2.85. The first-order valence-electron chi connectivity index (χ1n) is 10.8. The van der Waals surface area contributed by atoms with Gasteiger partial charge in [0.15, 0.2) is 0 Å². The SMILES string of the molecule is O=C(Nc1cc(-c2cccc(Cl)c2)ccn1)c1ccc(Oc2cc3c(cc2Cl)CCCO3)cc1. The number of nitrogens with zero attached hydrogens (tertiary/aromatic N) is 1. The molecule has 1 N–H and O–H groups in total. The van der Waals surface area contributed by atoms with Gasteiger partial charge in [-0.05, 0) is 84.1 Å². The molecule has 5 rings (SSSR count). The molecule has 0 radical (unpaired) electrons. The van der Waals surface area contributed by atoms with Crippen molar-refractivity contribution < 1.29 is 14.3 Å². The quantitative estimate of drug-likeness (QED) is 0.316. The van der Waals surface area contributed by atoms with Crippen molar-refractivity contribution in [3.8, 4) is 28.4 Å². The number of fused-ring (bicyclic) bond motifs is 1. The van der Waals surface area contributed by atoms with Crippen molar-refractivity contribution in [2.45, 2.75) is 12.8 Å². The van der Waals surface area contributed by atoms with Gasteiger partial charge in [0.2, 0.25) is 0 Å². The third kappa shape index (κ3) is 5.01. The van der Waals surface area contributed by atoms with E-state index in [2.05, 4.69) is 10.3 Å². The van der Waals surface area contributed by atoms with Gasteiger partial charge in [-0.2, -0.15) is 0 Å². The number of hydrogen-bond donors (Lipinski definition) is 1. The van der Waals surface area contributed by atoms with E-state index in [-0.39, 0.29) is 5.91 Å². The van der Waals surface area contributed by atoms with E-state index in [4.69, 9.17) is 32.7 Å². The molecule has 0 aliphatic carbocycles. The highest BCUT2D eigenvalue weighted by molar-refractivity contribution is 6.32. The first-order chi connectivity index (χ1) is 16.5. The zero-order valence-electron chi connectivity index (χ0n) is 18.1. The lowest BCUT2D eigenvalue weighted by atomic mass is 10.1. The molecule has 0 unspecified atom stereocenters. The van der Waals surface area contributed by atoms with Crippen LogP contribution in [0.4, 0.5) is 5.82 Å². The van der Waals surface area contributed by atoms with Crippen molar-refractivity contribution in [1.82, 2.24) is 4.98 Å². The van der Waals surface area contributed by atoms with Gasteiger partial charge in [-0.3, -0.25) is 4.79 Å². The van der Waals surface area contributed by atoms with E-state index in [1.165, 1.54) is 0 Å². The second-order valence-corrected chi connectivity index (χ2v) is 8.71. The molecule has 0 saturated carbocycles. The van der Waals surface area contributed by atoms with E-state index in [1.54, 1.807) is 36.5 Å². The number of anilines is 1. The molecule has 1 aliphatic heterocycles. The third-order valence-electron chi connectivity index (χ3n) is 5.47. The summed E-state index contributed by atoms with van der Waals surface area (Å²) in [6.45, 7) is 0.689. The van der Waals surface area contributed by atoms with Crippen LogP contribution in [0.15, 0.2) is 79.0 Å². The van der Waals surface area contributed by atoms with E-state index < -0.39 is 0 Å². The van der Waals surface area contributed by atoms with Gasteiger partial charge in [-0.15, -0.1) is 0 Å². The fourth-order valence-electron chi connectivity index (χ4n) is 3.76.